The van der Waals surface area contributed by atoms with Crippen LogP contribution < -0.4 is 24.8 Å². The molecule has 0 amide bonds. The van der Waals surface area contributed by atoms with Crippen LogP contribution in [0.4, 0.5) is 0 Å². The van der Waals surface area contributed by atoms with Gasteiger partial charge in [0, 0.05) is 0 Å². The molecule has 0 aromatic heterocycles. The molecular formula is C29H26Cl2Zr-2. The van der Waals surface area contributed by atoms with E-state index >= 15 is 0 Å². The Balaban J connectivity index is 0.000000269. The number of allylic oxidation sites excluding steroid dienone is 4. The molecule has 0 nitrogen and oxygen atoms in total. The maximum Gasteiger partial charge on any atom is -0.0809 e. The Morgan fingerprint density at radius 2 is 1.31 bits per heavy atom. The molecule has 0 saturated heterocycles. The number of benzene rings is 3. The minimum atomic E-state index is 0. The molecule has 1 aliphatic rings. The van der Waals surface area contributed by atoms with Crippen molar-refractivity contribution in [3.8, 4) is 0 Å². The summed E-state index contributed by atoms with van der Waals surface area (Å²) in [7, 11) is 0. The normalized spacial score (nSPS) is 10.7. The summed E-state index contributed by atoms with van der Waals surface area (Å²) in [5.41, 5.74) is 2.84. The van der Waals surface area contributed by atoms with Crippen LogP contribution >= 0.6 is 0 Å². The SMILES string of the molecule is [C-]1=CC=CC1.[Cl-].[Cl-].[Zr+2]=[C](Cc1ccccc1)Cc1ccccc1.c1ccc2[cH-]ccc2c1. The molecular weight excluding hydrogens is 510 g/mol. The largest absolute Gasteiger partial charge is 0.168 e. The Morgan fingerprint density at radius 1 is 0.750 bits per heavy atom. The van der Waals surface area contributed by atoms with Crippen molar-refractivity contribution >= 4 is 14.0 Å². The zero-order valence-corrected chi connectivity index (χ0v) is 21.9. The van der Waals surface area contributed by atoms with Gasteiger partial charge in [-0.3, -0.25) is 6.08 Å². The zero-order chi connectivity index (χ0) is 20.9. The predicted molar refractivity (Wildman–Crippen MR) is 126 cm³/mol. The summed E-state index contributed by atoms with van der Waals surface area (Å²) >= 11 is 1.55. The van der Waals surface area contributed by atoms with Gasteiger partial charge in [-0.15, -0.1) is 36.1 Å². The summed E-state index contributed by atoms with van der Waals surface area (Å²) < 4.78 is 1.60. The van der Waals surface area contributed by atoms with Crippen molar-refractivity contribution < 1.29 is 49.0 Å². The summed E-state index contributed by atoms with van der Waals surface area (Å²) in [6, 6.07) is 36.1. The van der Waals surface area contributed by atoms with Crippen LogP contribution in [0.2, 0.25) is 0 Å². The van der Waals surface area contributed by atoms with Gasteiger partial charge in [-0.05, 0) is 0 Å². The molecule has 4 aromatic rings. The monoisotopic (exact) mass is 534 g/mol. The van der Waals surface area contributed by atoms with E-state index in [1.54, 1.807) is 27.4 Å². The van der Waals surface area contributed by atoms with E-state index in [2.05, 4.69) is 115 Å². The molecule has 0 atom stereocenters. The van der Waals surface area contributed by atoms with Gasteiger partial charge in [0.25, 0.3) is 0 Å². The van der Waals surface area contributed by atoms with Gasteiger partial charge in [-0.25, -0.2) is 12.2 Å². The molecule has 0 spiro atoms. The third-order valence-corrected chi connectivity index (χ3v) is 5.52. The molecule has 162 valence electrons. The minimum absolute atomic E-state index is 0. The second kappa shape index (κ2) is 16.7. The van der Waals surface area contributed by atoms with Crippen molar-refractivity contribution in [2.75, 3.05) is 0 Å². The first-order valence-corrected chi connectivity index (χ1v) is 11.5. The first kappa shape index (κ1) is 28.1. The number of hydrogen-bond donors (Lipinski definition) is 0. The topological polar surface area (TPSA) is 0 Å². The van der Waals surface area contributed by atoms with Gasteiger partial charge in [-0.1, -0.05) is 6.07 Å². The van der Waals surface area contributed by atoms with Crippen LogP contribution in [0.1, 0.15) is 17.5 Å². The van der Waals surface area contributed by atoms with E-state index < -0.39 is 0 Å². The maximum absolute atomic E-state index is 2.99. The summed E-state index contributed by atoms with van der Waals surface area (Å²) in [6.07, 6.45) is 12.2. The molecule has 0 bridgehead atoms. The third kappa shape index (κ3) is 10.6. The first-order chi connectivity index (χ1) is 14.8. The van der Waals surface area contributed by atoms with Crippen molar-refractivity contribution in [1.82, 2.24) is 0 Å². The summed E-state index contributed by atoms with van der Waals surface area (Å²) in [6.45, 7) is 0. The average Bonchev–Trinajstić information content (AvgIpc) is 3.51. The van der Waals surface area contributed by atoms with Gasteiger partial charge in [0.05, 0.1) is 0 Å². The second-order valence-corrected chi connectivity index (χ2v) is 8.82. The van der Waals surface area contributed by atoms with Gasteiger partial charge in [0.2, 0.25) is 0 Å². The smallest absolute Gasteiger partial charge is 0.0809 e. The van der Waals surface area contributed by atoms with E-state index in [-0.39, 0.29) is 24.8 Å². The Hall–Kier alpha value is -1.92. The van der Waals surface area contributed by atoms with E-state index in [1.165, 1.54) is 21.9 Å². The number of rotatable bonds is 4. The molecule has 5 rings (SSSR count). The van der Waals surface area contributed by atoms with E-state index in [4.69, 9.17) is 0 Å². The van der Waals surface area contributed by atoms with Crippen molar-refractivity contribution in [3.63, 3.8) is 0 Å². The van der Waals surface area contributed by atoms with Gasteiger partial charge in [0.15, 0.2) is 0 Å². The average molecular weight is 537 g/mol. The predicted octanol–water partition coefficient (Wildman–Crippen LogP) is 1.06. The van der Waals surface area contributed by atoms with Crippen LogP contribution in [0.3, 0.4) is 0 Å². The summed E-state index contributed by atoms with van der Waals surface area (Å²) in [5, 5.41) is 2.66. The molecule has 0 aliphatic heterocycles. The van der Waals surface area contributed by atoms with Gasteiger partial charge in [0.1, 0.15) is 0 Å². The minimum Gasteiger partial charge on any atom is -0.168 e. The van der Waals surface area contributed by atoms with Gasteiger partial charge >= 0.3 is 112 Å². The van der Waals surface area contributed by atoms with Crippen LogP contribution in [-0.2, 0) is 37.1 Å². The van der Waals surface area contributed by atoms with E-state index in [9.17, 15) is 0 Å². The number of fused-ring (bicyclic) bond motifs is 1. The molecule has 0 unspecified atom stereocenters. The zero-order valence-electron chi connectivity index (χ0n) is 17.9. The van der Waals surface area contributed by atoms with E-state index in [0.29, 0.717) is 0 Å². The number of hydrogen-bond acceptors (Lipinski definition) is 0. The Morgan fingerprint density at radius 3 is 1.78 bits per heavy atom. The molecule has 0 saturated carbocycles. The fraction of sp³-hybridized carbons (Fsp3) is 0.103. The molecule has 32 heavy (non-hydrogen) atoms. The molecule has 0 heterocycles. The van der Waals surface area contributed by atoms with Crippen molar-refractivity contribution in [3.05, 3.63) is 139 Å². The van der Waals surface area contributed by atoms with E-state index in [1.807, 2.05) is 12.2 Å². The van der Waals surface area contributed by atoms with Crippen LogP contribution in [0.5, 0.6) is 0 Å². The van der Waals surface area contributed by atoms with E-state index in [0.717, 1.165) is 19.3 Å². The van der Waals surface area contributed by atoms with Gasteiger partial charge in [-0.2, -0.15) is 23.6 Å². The third-order valence-electron chi connectivity index (χ3n) is 4.65. The van der Waals surface area contributed by atoms with Crippen molar-refractivity contribution in [2.24, 2.45) is 0 Å². The quantitative estimate of drug-likeness (QED) is 0.343. The standard InChI is InChI=1S/C15H14.C9H7.C5H5.2ClH.Zr/c1-3-8-14(9-4-1)12-7-13-15-10-5-2-6-11-15;1-2-5-9-7-3-6-8(9)4-1;1-2-4-5-3-1;;;/h1-6,8-11H,12-13H2;1-7H;1-3H,4H2;2*1H;/q;2*-1;;;+2/p-2. The van der Waals surface area contributed by atoms with Gasteiger partial charge < -0.3 is 24.8 Å². The van der Waals surface area contributed by atoms with Crippen molar-refractivity contribution in [1.29, 1.82) is 0 Å². The molecule has 4 aromatic carbocycles. The van der Waals surface area contributed by atoms with Crippen LogP contribution in [0.25, 0.3) is 10.8 Å². The molecule has 0 fully saturated rings. The fourth-order valence-corrected chi connectivity index (χ4v) is 4.16. The van der Waals surface area contributed by atoms with Crippen LogP contribution in [-0.4, -0.2) is 3.21 Å². The molecule has 0 N–H and O–H groups in total. The molecule has 1 aliphatic carbocycles. The van der Waals surface area contributed by atoms with Crippen LogP contribution in [0.15, 0.2) is 121 Å². The summed E-state index contributed by atoms with van der Waals surface area (Å²) in [5.74, 6) is 0. The Kier molecular flexibility index (Phi) is 14.7. The summed E-state index contributed by atoms with van der Waals surface area (Å²) in [4.78, 5) is 0. The Labute approximate surface area is 219 Å². The van der Waals surface area contributed by atoms with Crippen LogP contribution in [0, 0.1) is 6.08 Å². The molecule has 0 radical (unpaired) electrons. The fourth-order valence-electron chi connectivity index (χ4n) is 3.16. The maximum atomic E-state index is 2.99. The Bertz CT molecular complexity index is 996. The second-order valence-electron chi connectivity index (χ2n) is 7.09. The van der Waals surface area contributed by atoms with Crippen molar-refractivity contribution in [2.45, 2.75) is 19.3 Å². The number of halogens is 2. The first-order valence-electron chi connectivity index (χ1n) is 10.3. The molecule has 3 heteroatoms.